The maximum Gasteiger partial charge on any atom is 0.338 e. The van der Waals surface area contributed by atoms with Crippen LogP contribution < -0.4 is 5.32 Å². The van der Waals surface area contributed by atoms with Crippen LogP contribution in [0.5, 0.6) is 0 Å². The molecule has 0 radical (unpaired) electrons. The molecule has 0 aliphatic carbocycles. The minimum absolute atomic E-state index is 0.0998. The molecule has 0 spiro atoms. The van der Waals surface area contributed by atoms with Gasteiger partial charge in [-0.05, 0) is 60.7 Å². The number of thiol groups is 1. The zero-order valence-corrected chi connectivity index (χ0v) is 20.9. The monoisotopic (exact) mass is 490 g/mol. The van der Waals surface area contributed by atoms with Gasteiger partial charge in [0.2, 0.25) is 15.9 Å². The number of nitrogens with one attached hydrogen (secondary N) is 1. The summed E-state index contributed by atoms with van der Waals surface area (Å²) in [7, 11) is -3.88. The van der Waals surface area contributed by atoms with Crippen LogP contribution >= 0.6 is 12.6 Å². The number of esters is 1. The highest BCUT2D eigenvalue weighted by molar-refractivity contribution is 7.89. The van der Waals surface area contributed by atoms with Crippen LogP contribution in [-0.4, -0.2) is 49.0 Å². The van der Waals surface area contributed by atoms with Crippen LogP contribution in [0.4, 0.5) is 5.69 Å². The molecule has 0 aromatic heterocycles. The number of carbonyl (C=O) groups is 2. The third kappa shape index (κ3) is 5.77. The van der Waals surface area contributed by atoms with Crippen LogP contribution in [0.25, 0.3) is 0 Å². The lowest BCUT2D eigenvalue weighted by Gasteiger charge is -2.24. The molecule has 178 valence electrons. The second-order valence-corrected chi connectivity index (χ2v) is 11.7. The van der Waals surface area contributed by atoms with E-state index in [9.17, 15) is 18.0 Å². The van der Waals surface area contributed by atoms with E-state index in [1.807, 2.05) is 0 Å². The standard InChI is InChI=1S/C24H30N2O5S2/c1-5-31-23(28)16-6-10-18(11-7-16)25-22(27)21-14-19(32)15-26(21)33(29,30)20-12-8-17(9-13-20)24(2,3)4/h6-13,19,21,32H,5,14-15H2,1-4H3,(H,25,27)/t19-,21-/m0/s1. The maximum absolute atomic E-state index is 13.4. The summed E-state index contributed by atoms with van der Waals surface area (Å²) < 4.78 is 32.9. The maximum atomic E-state index is 13.4. The summed E-state index contributed by atoms with van der Waals surface area (Å²) in [5.74, 6) is -0.885. The fourth-order valence-electron chi connectivity index (χ4n) is 3.68. The van der Waals surface area contributed by atoms with Gasteiger partial charge in [0.05, 0.1) is 17.1 Å². The molecule has 1 amide bonds. The van der Waals surface area contributed by atoms with E-state index < -0.39 is 27.9 Å². The van der Waals surface area contributed by atoms with Crippen LogP contribution in [0.2, 0.25) is 0 Å². The van der Waals surface area contributed by atoms with Crippen molar-refractivity contribution in [2.45, 2.75) is 55.7 Å². The van der Waals surface area contributed by atoms with Crippen LogP contribution in [0.3, 0.4) is 0 Å². The van der Waals surface area contributed by atoms with Gasteiger partial charge in [-0.2, -0.15) is 16.9 Å². The van der Waals surface area contributed by atoms with Crippen molar-refractivity contribution in [1.82, 2.24) is 4.31 Å². The molecule has 2 atom stereocenters. The van der Waals surface area contributed by atoms with E-state index >= 15 is 0 Å². The van der Waals surface area contributed by atoms with E-state index in [0.29, 0.717) is 17.7 Å². The topological polar surface area (TPSA) is 92.8 Å². The van der Waals surface area contributed by atoms with Crippen molar-refractivity contribution in [3.05, 3.63) is 59.7 Å². The third-order valence-corrected chi connectivity index (χ3v) is 7.79. The van der Waals surface area contributed by atoms with E-state index in [2.05, 4.69) is 38.7 Å². The Balaban J connectivity index is 1.78. The second kappa shape index (κ2) is 9.87. The Morgan fingerprint density at radius 3 is 2.24 bits per heavy atom. The van der Waals surface area contributed by atoms with Gasteiger partial charge < -0.3 is 10.1 Å². The number of amides is 1. The summed E-state index contributed by atoms with van der Waals surface area (Å²) in [6, 6.07) is 12.2. The minimum atomic E-state index is -3.88. The summed E-state index contributed by atoms with van der Waals surface area (Å²) >= 11 is 4.45. The molecule has 7 nitrogen and oxygen atoms in total. The summed E-state index contributed by atoms with van der Waals surface area (Å²) in [6.45, 7) is 8.31. The van der Waals surface area contributed by atoms with Gasteiger partial charge in [0.15, 0.2) is 0 Å². The van der Waals surface area contributed by atoms with E-state index in [4.69, 9.17) is 4.74 Å². The number of nitrogens with zero attached hydrogens (tertiary/aromatic N) is 1. The summed E-state index contributed by atoms with van der Waals surface area (Å²) in [4.78, 5) is 25.0. The zero-order valence-electron chi connectivity index (χ0n) is 19.2. The van der Waals surface area contributed by atoms with E-state index in [1.165, 1.54) is 4.31 Å². The third-order valence-electron chi connectivity index (χ3n) is 5.53. The number of carbonyl (C=O) groups excluding carboxylic acids is 2. The SMILES string of the molecule is CCOC(=O)c1ccc(NC(=O)[C@@H]2C[C@H](S)CN2S(=O)(=O)c2ccc(C(C)(C)C)cc2)cc1. The number of sulfonamides is 1. The molecule has 1 aliphatic rings. The van der Waals surface area contributed by atoms with Gasteiger partial charge in [0, 0.05) is 17.5 Å². The Morgan fingerprint density at radius 1 is 1.09 bits per heavy atom. The first-order valence-electron chi connectivity index (χ1n) is 10.8. The quantitative estimate of drug-likeness (QED) is 0.474. The summed E-state index contributed by atoms with van der Waals surface area (Å²) in [5, 5.41) is 2.50. The molecule has 1 fully saturated rings. The van der Waals surface area contributed by atoms with E-state index in [-0.39, 0.29) is 28.7 Å². The van der Waals surface area contributed by atoms with Crippen molar-refractivity contribution < 1.29 is 22.7 Å². The lowest BCUT2D eigenvalue weighted by atomic mass is 9.87. The van der Waals surface area contributed by atoms with Gasteiger partial charge >= 0.3 is 5.97 Å². The first-order valence-corrected chi connectivity index (χ1v) is 12.8. The van der Waals surface area contributed by atoms with Crippen LogP contribution in [-0.2, 0) is 25.0 Å². The molecule has 3 rings (SSSR count). The van der Waals surface area contributed by atoms with Gasteiger partial charge in [-0.1, -0.05) is 32.9 Å². The van der Waals surface area contributed by atoms with Crippen molar-refractivity contribution in [3.63, 3.8) is 0 Å². The average Bonchev–Trinajstić information content (AvgIpc) is 3.17. The van der Waals surface area contributed by atoms with E-state index in [0.717, 1.165) is 5.56 Å². The molecule has 1 aliphatic heterocycles. The first-order chi connectivity index (χ1) is 15.4. The number of benzene rings is 2. The fourth-order valence-corrected chi connectivity index (χ4v) is 5.81. The van der Waals surface area contributed by atoms with Crippen molar-refractivity contribution >= 4 is 40.2 Å². The highest BCUT2D eigenvalue weighted by atomic mass is 32.2. The predicted octanol–water partition coefficient (Wildman–Crippen LogP) is 3.86. The summed E-state index contributed by atoms with van der Waals surface area (Å²) in [6.07, 6.45) is 0.301. The lowest BCUT2D eigenvalue weighted by Crippen LogP contribution is -2.43. The predicted molar refractivity (Wildman–Crippen MR) is 131 cm³/mol. The Labute approximate surface area is 201 Å². The summed E-state index contributed by atoms with van der Waals surface area (Å²) in [5.41, 5.74) is 1.75. The highest BCUT2D eigenvalue weighted by Gasteiger charge is 2.43. The van der Waals surface area contributed by atoms with Crippen LogP contribution in [0.1, 0.15) is 50.0 Å². The van der Waals surface area contributed by atoms with Crippen molar-refractivity contribution in [2.75, 3.05) is 18.5 Å². The fraction of sp³-hybridized carbons (Fsp3) is 0.417. The van der Waals surface area contributed by atoms with Crippen molar-refractivity contribution in [1.29, 1.82) is 0 Å². The lowest BCUT2D eigenvalue weighted by molar-refractivity contribution is -0.119. The molecule has 1 heterocycles. The normalized spacial score (nSPS) is 19.3. The molecule has 0 saturated carbocycles. The molecular formula is C24H30N2O5S2. The molecule has 2 aromatic rings. The number of rotatable bonds is 6. The molecule has 0 unspecified atom stereocenters. The van der Waals surface area contributed by atoms with Gasteiger partial charge in [-0.15, -0.1) is 0 Å². The molecule has 2 aromatic carbocycles. The number of hydrogen-bond acceptors (Lipinski definition) is 6. The molecule has 33 heavy (non-hydrogen) atoms. The largest absolute Gasteiger partial charge is 0.462 e. The number of hydrogen-bond donors (Lipinski definition) is 2. The van der Waals surface area contributed by atoms with Gasteiger partial charge in [-0.25, -0.2) is 13.2 Å². The number of ether oxygens (including phenoxy) is 1. The second-order valence-electron chi connectivity index (χ2n) is 9.04. The van der Waals surface area contributed by atoms with Crippen LogP contribution in [0.15, 0.2) is 53.4 Å². The zero-order chi connectivity index (χ0) is 24.4. The van der Waals surface area contributed by atoms with Crippen molar-refractivity contribution in [3.8, 4) is 0 Å². The van der Waals surface area contributed by atoms with Gasteiger partial charge in [0.1, 0.15) is 6.04 Å². The Hall–Kier alpha value is -2.36. The molecule has 0 bridgehead atoms. The molecule has 1 saturated heterocycles. The van der Waals surface area contributed by atoms with Crippen LogP contribution in [0, 0.1) is 0 Å². The first kappa shape index (κ1) is 25.3. The van der Waals surface area contributed by atoms with Gasteiger partial charge in [0.25, 0.3) is 0 Å². The highest BCUT2D eigenvalue weighted by Crippen LogP contribution is 2.31. The molecule has 9 heteroatoms. The average molecular weight is 491 g/mol. The Kier molecular flexibility index (Phi) is 7.55. The Bertz CT molecular complexity index is 1110. The molecule has 1 N–H and O–H groups in total. The Morgan fingerprint density at radius 2 is 1.70 bits per heavy atom. The minimum Gasteiger partial charge on any atom is -0.462 e. The van der Waals surface area contributed by atoms with Crippen molar-refractivity contribution in [2.24, 2.45) is 0 Å². The van der Waals surface area contributed by atoms with E-state index in [1.54, 1.807) is 55.5 Å². The van der Waals surface area contributed by atoms with Gasteiger partial charge in [-0.3, -0.25) is 4.79 Å². The number of anilines is 1. The smallest absolute Gasteiger partial charge is 0.338 e. The molecular weight excluding hydrogens is 460 g/mol.